The van der Waals surface area contributed by atoms with Gasteiger partial charge in [0.2, 0.25) is 0 Å². The first kappa shape index (κ1) is 10.2. The number of rotatable bonds is 3. The molecule has 2 rings (SSSR count). The molecule has 1 fully saturated rings. The maximum atomic E-state index is 5.81. The molecule has 0 aliphatic heterocycles. The highest BCUT2D eigenvalue weighted by atomic mass is 79.9. The highest BCUT2D eigenvalue weighted by molar-refractivity contribution is 9.10. The quantitative estimate of drug-likeness (QED) is 0.851. The van der Waals surface area contributed by atoms with Crippen molar-refractivity contribution in [1.29, 1.82) is 0 Å². The number of nitrogens with zero attached hydrogens (tertiary/aromatic N) is 1. The van der Waals surface area contributed by atoms with Crippen molar-refractivity contribution >= 4 is 33.2 Å². The Morgan fingerprint density at radius 2 is 2.36 bits per heavy atom. The zero-order valence-electron chi connectivity index (χ0n) is 7.93. The molecule has 76 valence electrons. The molecule has 1 atom stereocenters. The van der Waals surface area contributed by atoms with Gasteiger partial charge in [0.1, 0.15) is 5.15 Å². The monoisotopic (exact) mass is 274 g/mol. The van der Waals surface area contributed by atoms with E-state index in [1.165, 1.54) is 12.8 Å². The van der Waals surface area contributed by atoms with E-state index >= 15 is 0 Å². The fraction of sp³-hybridized carbons (Fsp3) is 0.500. The molecule has 0 amide bonds. The lowest BCUT2D eigenvalue weighted by molar-refractivity contribution is 0.693. The van der Waals surface area contributed by atoms with Crippen LogP contribution in [0.15, 0.2) is 16.7 Å². The first-order valence-electron chi connectivity index (χ1n) is 4.74. The van der Waals surface area contributed by atoms with E-state index in [1.54, 1.807) is 6.20 Å². The number of hydrogen-bond acceptors (Lipinski definition) is 2. The highest BCUT2D eigenvalue weighted by Gasteiger charge is 2.27. The number of halogens is 2. The Balaban J connectivity index is 2.04. The molecule has 0 radical (unpaired) electrons. The number of anilines is 1. The molecular formula is C10H12BrClN2. The summed E-state index contributed by atoms with van der Waals surface area (Å²) in [5.74, 6) is 0.837. The minimum atomic E-state index is 0.509. The van der Waals surface area contributed by atoms with E-state index in [-0.39, 0.29) is 0 Å². The summed E-state index contributed by atoms with van der Waals surface area (Å²) in [6.07, 6.45) is 4.46. The lowest BCUT2D eigenvalue weighted by Gasteiger charge is -2.14. The SMILES string of the molecule is CC(Nc1cnc(Cl)c(Br)c1)C1CC1. The maximum Gasteiger partial charge on any atom is 0.143 e. The molecule has 0 spiro atoms. The Bertz CT molecular complexity index is 339. The lowest BCUT2D eigenvalue weighted by Crippen LogP contribution is -2.17. The minimum Gasteiger partial charge on any atom is -0.381 e. The van der Waals surface area contributed by atoms with Gasteiger partial charge < -0.3 is 5.32 Å². The van der Waals surface area contributed by atoms with Gasteiger partial charge in [0.15, 0.2) is 0 Å². The summed E-state index contributed by atoms with van der Waals surface area (Å²) < 4.78 is 0.840. The van der Waals surface area contributed by atoms with Crippen molar-refractivity contribution in [2.75, 3.05) is 5.32 Å². The predicted octanol–water partition coefficient (Wildman–Crippen LogP) is 3.71. The van der Waals surface area contributed by atoms with Crippen LogP contribution in [0, 0.1) is 5.92 Å². The second kappa shape index (κ2) is 4.07. The van der Waals surface area contributed by atoms with Crippen LogP contribution in [-0.2, 0) is 0 Å². The molecule has 0 bridgehead atoms. The maximum absolute atomic E-state index is 5.81. The summed E-state index contributed by atoms with van der Waals surface area (Å²) in [6.45, 7) is 2.21. The Morgan fingerprint density at radius 1 is 1.64 bits per heavy atom. The van der Waals surface area contributed by atoms with Gasteiger partial charge in [0.05, 0.1) is 16.4 Å². The van der Waals surface area contributed by atoms with E-state index in [0.717, 1.165) is 16.1 Å². The molecule has 1 aliphatic rings. The van der Waals surface area contributed by atoms with Crippen LogP contribution in [0.5, 0.6) is 0 Å². The van der Waals surface area contributed by atoms with Gasteiger partial charge >= 0.3 is 0 Å². The topological polar surface area (TPSA) is 24.9 Å². The second-order valence-electron chi connectivity index (χ2n) is 3.77. The van der Waals surface area contributed by atoms with Crippen molar-refractivity contribution in [3.63, 3.8) is 0 Å². The first-order valence-corrected chi connectivity index (χ1v) is 5.91. The van der Waals surface area contributed by atoms with Crippen molar-refractivity contribution in [3.8, 4) is 0 Å². The van der Waals surface area contributed by atoms with Crippen LogP contribution in [0.3, 0.4) is 0 Å². The average Bonchev–Trinajstić information content (AvgIpc) is 2.94. The van der Waals surface area contributed by atoms with Crippen LogP contribution >= 0.6 is 27.5 Å². The van der Waals surface area contributed by atoms with Gasteiger partial charge in [-0.05, 0) is 47.7 Å². The Labute approximate surface area is 97.2 Å². The van der Waals surface area contributed by atoms with Crippen LogP contribution < -0.4 is 5.32 Å². The van der Waals surface area contributed by atoms with Crippen molar-refractivity contribution in [2.45, 2.75) is 25.8 Å². The molecule has 0 saturated heterocycles. The van der Waals surface area contributed by atoms with Crippen LogP contribution in [0.2, 0.25) is 5.15 Å². The van der Waals surface area contributed by atoms with E-state index in [1.807, 2.05) is 6.07 Å². The van der Waals surface area contributed by atoms with Crippen molar-refractivity contribution < 1.29 is 0 Å². The molecule has 1 N–H and O–H groups in total. The molecular weight excluding hydrogens is 263 g/mol. The Morgan fingerprint density at radius 3 is 2.93 bits per heavy atom. The summed E-state index contributed by atoms with van der Waals surface area (Å²) in [4.78, 5) is 4.07. The van der Waals surface area contributed by atoms with E-state index in [9.17, 15) is 0 Å². The number of nitrogens with one attached hydrogen (secondary N) is 1. The fourth-order valence-electron chi connectivity index (χ4n) is 1.48. The fourth-order valence-corrected chi connectivity index (χ4v) is 1.93. The largest absolute Gasteiger partial charge is 0.381 e. The van der Waals surface area contributed by atoms with Crippen LogP contribution in [0.25, 0.3) is 0 Å². The molecule has 14 heavy (non-hydrogen) atoms. The Hall–Kier alpha value is -0.280. The molecule has 1 unspecified atom stereocenters. The summed E-state index contributed by atoms with van der Waals surface area (Å²) in [5, 5.41) is 3.93. The first-order chi connectivity index (χ1) is 6.66. The molecule has 1 aromatic heterocycles. The molecule has 4 heteroatoms. The summed E-state index contributed by atoms with van der Waals surface area (Å²) in [6, 6.07) is 2.50. The van der Waals surface area contributed by atoms with E-state index in [4.69, 9.17) is 11.6 Å². The number of aromatic nitrogens is 1. The summed E-state index contributed by atoms with van der Waals surface area (Å²) in [7, 11) is 0. The van der Waals surface area contributed by atoms with Gasteiger partial charge in [-0.15, -0.1) is 0 Å². The third-order valence-electron chi connectivity index (χ3n) is 2.52. The highest BCUT2D eigenvalue weighted by Crippen LogP contribution is 2.34. The molecule has 2 nitrogen and oxygen atoms in total. The molecule has 1 heterocycles. The second-order valence-corrected chi connectivity index (χ2v) is 4.98. The van der Waals surface area contributed by atoms with Gasteiger partial charge in [0.25, 0.3) is 0 Å². The average molecular weight is 276 g/mol. The third-order valence-corrected chi connectivity index (χ3v) is 3.65. The van der Waals surface area contributed by atoms with Crippen LogP contribution in [0.4, 0.5) is 5.69 Å². The van der Waals surface area contributed by atoms with Gasteiger partial charge in [-0.1, -0.05) is 11.6 Å². The zero-order valence-corrected chi connectivity index (χ0v) is 10.3. The van der Waals surface area contributed by atoms with Gasteiger partial charge in [0, 0.05) is 6.04 Å². The molecule has 0 aromatic carbocycles. The van der Waals surface area contributed by atoms with Gasteiger partial charge in [-0.3, -0.25) is 0 Å². The zero-order chi connectivity index (χ0) is 10.1. The lowest BCUT2D eigenvalue weighted by atomic mass is 10.2. The summed E-state index contributed by atoms with van der Waals surface area (Å²) in [5.41, 5.74) is 1.03. The predicted molar refractivity (Wildman–Crippen MR) is 62.8 cm³/mol. The number of hydrogen-bond donors (Lipinski definition) is 1. The van der Waals surface area contributed by atoms with Gasteiger partial charge in [-0.2, -0.15) is 0 Å². The summed E-state index contributed by atoms with van der Waals surface area (Å²) >= 11 is 9.16. The smallest absolute Gasteiger partial charge is 0.143 e. The van der Waals surface area contributed by atoms with Crippen molar-refractivity contribution in [1.82, 2.24) is 4.98 Å². The van der Waals surface area contributed by atoms with Gasteiger partial charge in [-0.25, -0.2) is 4.98 Å². The van der Waals surface area contributed by atoms with E-state index < -0.39 is 0 Å². The molecule has 1 aliphatic carbocycles. The minimum absolute atomic E-state index is 0.509. The van der Waals surface area contributed by atoms with Crippen molar-refractivity contribution in [3.05, 3.63) is 21.9 Å². The number of pyridine rings is 1. The standard InChI is InChI=1S/C10H12BrClN2/c1-6(7-2-3-7)14-8-4-9(11)10(12)13-5-8/h4-7,14H,2-3H2,1H3. The van der Waals surface area contributed by atoms with Crippen LogP contribution in [-0.4, -0.2) is 11.0 Å². The van der Waals surface area contributed by atoms with Crippen LogP contribution in [0.1, 0.15) is 19.8 Å². The molecule has 1 saturated carbocycles. The third kappa shape index (κ3) is 2.39. The Kier molecular flexibility index (Phi) is 2.98. The van der Waals surface area contributed by atoms with E-state index in [2.05, 4.69) is 33.2 Å². The van der Waals surface area contributed by atoms with Crippen molar-refractivity contribution in [2.24, 2.45) is 5.92 Å². The van der Waals surface area contributed by atoms with E-state index in [0.29, 0.717) is 11.2 Å². The molecule has 1 aromatic rings. The normalized spacial score (nSPS) is 17.9.